The van der Waals surface area contributed by atoms with Crippen LogP contribution in [0.25, 0.3) is 16.5 Å². The molecule has 0 saturated carbocycles. The SMILES string of the molecule is COC(=O)C1=C(C(=O)c2ccc3ccccc3c2)C2(C(=O)N1c1ccc(Br)cc1)/C(=C(\O)c1ccccc1)C(=O)C(=O)N2c1ccccc1. The summed E-state index contributed by atoms with van der Waals surface area (Å²) in [5.41, 5.74) is -3.93. The number of halogens is 1. The highest BCUT2D eigenvalue weighted by molar-refractivity contribution is 9.10. The van der Waals surface area contributed by atoms with E-state index in [0.717, 1.165) is 22.3 Å². The molecule has 10 heteroatoms. The van der Waals surface area contributed by atoms with Crippen LogP contribution in [0, 0.1) is 0 Å². The van der Waals surface area contributed by atoms with Crippen LogP contribution in [0.1, 0.15) is 15.9 Å². The van der Waals surface area contributed by atoms with E-state index in [0.29, 0.717) is 9.86 Å². The molecule has 2 aliphatic rings. The smallest absolute Gasteiger partial charge is 0.355 e. The topological polar surface area (TPSA) is 121 Å². The van der Waals surface area contributed by atoms with Crippen LogP contribution in [0.3, 0.4) is 0 Å². The largest absolute Gasteiger partial charge is 0.507 e. The normalized spacial score (nSPS) is 18.5. The monoisotopic (exact) mass is 712 g/mol. The number of methoxy groups -OCH3 is 1. The molecule has 240 valence electrons. The second-order valence-electron chi connectivity index (χ2n) is 11.3. The summed E-state index contributed by atoms with van der Waals surface area (Å²) in [6.45, 7) is 0. The number of amides is 2. The zero-order valence-electron chi connectivity index (χ0n) is 25.8. The Morgan fingerprint density at radius 2 is 1.33 bits per heavy atom. The lowest BCUT2D eigenvalue weighted by atomic mass is 9.77. The minimum absolute atomic E-state index is 0.0679. The van der Waals surface area contributed by atoms with Gasteiger partial charge in [-0.05, 0) is 53.2 Å². The minimum atomic E-state index is -2.64. The van der Waals surface area contributed by atoms with Gasteiger partial charge in [0.2, 0.25) is 0 Å². The number of aliphatic hydroxyl groups is 1. The zero-order chi connectivity index (χ0) is 34.4. The van der Waals surface area contributed by atoms with Gasteiger partial charge in [-0.15, -0.1) is 0 Å². The van der Waals surface area contributed by atoms with Gasteiger partial charge in [0.1, 0.15) is 11.5 Å². The molecule has 1 atom stereocenters. The Bertz CT molecular complexity index is 2280. The molecule has 1 saturated heterocycles. The van der Waals surface area contributed by atoms with E-state index in [1.165, 1.54) is 36.4 Å². The van der Waals surface area contributed by atoms with Gasteiger partial charge in [-0.25, -0.2) is 4.79 Å². The molecule has 49 heavy (non-hydrogen) atoms. The van der Waals surface area contributed by atoms with Gasteiger partial charge in [-0.1, -0.05) is 101 Å². The molecule has 1 spiro atoms. The van der Waals surface area contributed by atoms with Crippen molar-refractivity contribution >= 4 is 73.2 Å². The van der Waals surface area contributed by atoms with Crippen LogP contribution in [0.4, 0.5) is 11.4 Å². The lowest BCUT2D eigenvalue weighted by Gasteiger charge is -2.35. The quantitative estimate of drug-likeness (QED) is 0.0694. The van der Waals surface area contributed by atoms with Crippen LogP contribution in [0.2, 0.25) is 0 Å². The Hall–Kier alpha value is -6.13. The predicted molar refractivity (Wildman–Crippen MR) is 187 cm³/mol. The number of para-hydroxylation sites is 1. The third-order valence-corrected chi connectivity index (χ3v) is 9.19. The lowest BCUT2D eigenvalue weighted by molar-refractivity contribution is -0.136. The fourth-order valence-electron chi connectivity index (χ4n) is 6.51. The van der Waals surface area contributed by atoms with E-state index in [-0.39, 0.29) is 22.5 Å². The Morgan fingerprint density at radius 3 is 1.98 bits per heavy atom. The van der Waals surface area contributed by atoms with Gasteiger partial charge in [0.05, 0.1) is 18.3 Å². The molecular formula is C39H25BrN2O7. The summed E-state index contributed by atoms with van der Waals surface area (Å²) in [6.07, 6.45) is 0. The summed E-state index contributed by atoms with van der Waals surface area (Å²) < 4.78 is 5.86. The Morgan fingerprint density at radius 1 is 0.714 bits per heavy atom. The van der Waals surface area contributed by atoms with Crippen molar-refractivity contribution in [2.24, 2.45) is 0 Å². The van der Waals surface area contributed by atoms with E-state index >= 15 is 9.59 Å². The number of hydrogen-bond acceptors (Lipinski definition) is 7. The van der Waals surface area contributed by atoms with E-state index < -0.39 is 57.5 Å². The molecule has 9 nitrogen and oxygen atoms in total. The molecule has 0 aromatic heterocycles. The molecule has 5 aromatic rings. The van der Waals surface area contributed by atoms with Crippen molar-refractivity contribution in [3.8, 4) is 0 Å². The van der Waals surface area contributed by atoms with Gasteiger partial charge >= 0.3 is 11.9 Å². The van der Waals surface area contributed by atoms with Crippen molar-refractivity contribution in [2.75, 3.05) is 16.9 Å². The van der Waals surface area contributed by atoms with Crippen LogP contribution in [0.5, 0.6) is 0 Å². The Balaban J connectivity index is 1.65. The van der Waals surface area contributed by atoms with Gasteiger partial charge in [-0.2, -0.15) is 0 Å². The number of Topliss-reactive ketones (excluding diaryl/α,β-unsaturated/α-hetero) is 2. The van der Waals surface area contributed by atoms with E-state index in [1.807, 2.05) is 12.1 Å². The maximum atomic E-state index is 15.4. The number of esters is 1. The maximum absolute atomic E-state index is 15.4. The van der Waals surface area contributed by atoms with Crippen LogP contribution in [-0.2, 0) is 23.9 Å². The summed E-state index contributed by atoms with van der Waals surface area (Å²) >= 11 is 3.38. The summed E-state index contributed by atoms with van der Waals surface area (Å²) in [5.74, 6) is -6.01. The molecule has 0 radical (unpaired) electrons. The molecule has 7 rings (SSSR count). The number of nitrogens with zero attached hydrogens (tertiary/aromatic N) is 2. The molecule has 1 unspecified atom stereocenters. The third kappa shape index (κ3) is 4.79. The number of hydrogen-bond donors (Lipinski definition) is 1. The first-order chi connectivity index (χ1) is 23.7. The summed E-state index contributed by atoms with van der Waals surface area (Å²) in [7, 11) is 1.10. The number of fused-ring (bicyclic) bond motifs is 1. The van der Waals surface area contributed by atoms with E-state index in [2.05, 4.69) is 15.9 Å². The Labute approximate surface area is 288 Å². The maximum Gasteiger partial charge on any atom is 0.355 e. The van der Waals surface area contributed by atoms with Crippen LogP contribution in [-0.4, -0.2) is 47.1 Å². The zero-order valence-corrected chi connectivity index (χ0v) is 27.4. The number of rotatable bonds is 6. The van der Waals surface area contributed by atoms with Crippen molar-refractivity contribution in [1.29, 1.82) is 0 Å². The molecule has 2 aliphatic heterocycles. The van der Waals surface area contributed by atoms with Gasteiger partial charge in [0.15, 0.2) is 11.3 Å². The Kier molecular flexibility index (Phi) is 7.80. The third-order valence-electron chi connectivity index (χ3n) is 8.66. The summed E-state index contributed by atoms with van der Waals surface area (Å²) in [5, 5.41) is 13.5. The van der Waals surface area contributed by atoms with E-state index in [1.54, 1.807) is 78.9 Å². The fraction of sp³-hybridized carbons (Fsp3) is 0.0513. The highest BCUT2D eigenvalue weighted by atomic mass is 79.9. The number of carbonyl (C=O) groups is 5. The second-order valence-corrected chi connectivity index (χ2v) is 12.2. The highest BCUT2D eigenvalue weighted by Gasteiger charge is 2.71. The van der Waals surface area contributed by atoms with Crippen LogP contribution < -0.4 is 9.80 Å². The molecule has 5 aromatic carbocycles. The number of anilines is 2. The number of ether oxygens (including phenoxy) is 1. The predicted octanol–water partition coefficient (Wildman–Crippen LogP) is 6.58. The average molecular weight is 714 g/mol. The van der Waals surface area contributed by atoms with E-state index in [9.17, 15) is 19.5 Å². The molecule has 1 fully saturated rings. The van der Waals surface area contributed by atoms with Gasteiger partial charge in [0, 0.05) is 27.0 Å². The van der Waals surface area contributed by atoms with E-state index in [4.69, 9.17) is 4.74 Å². The first-order valence-electron chi connectivity index (χ1n) is 15.1. The first-order valence-corrected chi connectivity index (χ1v) is 15.9. The van der Waals surface area contributed by atoms with Crippen molar-refractivity contribution in [1.82, 2.24) is 0 Å². The standard InChI is InChI=1S/C39H25BrN2O7/c1-49-37(47)32-30(34(44)26-17-16-23-10-8-9-13-25(23)22-26)39(38(48)41(32)28-20-18-27(40)19-21-28)31(33(43)24-11-4-2-5-12-24)35(45)36(46)42(39)29-14-6-3-7-15-29/h2-22,43H,1H3/b33-31-. The fourth-order valence-corrected chi connectivity index (χ4v) is 6.77. The average Bonchev–Trinajstić information content (AvgIpc) is 3.53. The molecular weight excluding hydrogens is 688 g/mol. The molecule has 2 heterocycles. The number of carbonyl (C=O) groups excluding carboxylic acids is 5. The highest BCUT2D eigenvalue weighted by Crippen LogP contribution is 2.53. The lowest BCUT2D eigenvalue weighted by Crippen LogP contribution is -2.56. The van der Waals surface area contributed by atoms with Crippen LogP contribution >= 0.6 is 15.9 Å². The van der Waals surface area contributed by atoms with Crippen molar-refractivity contribution in [3.05, 3.63) is 160 Å². The number of aliphatic hydroxyl groups excluding tert-OH is 1. The second kappa shape index (κ2) is 12.1. The first kappa shape index (κ1) is 31.5. The number of benzene rings is 5. The van der Waals surface area contributed by atoms with Crippen molar-refractivity contribution in [2.45, 2.75) is 5.54 Å². The van der Waals surface area contributed by atoms with Crippen molar-refractivity contribution < 1.29 is 33.8 Å². The minimum Gasteiger partial charge on any atom is -0.507 e. The van der Waals surface area contributed by atoms with Crippen LogP contribution in [0.15, 0.2) is 149 Å². The summed E-state index contributed by atoms with van der Waals surface area (Å²) in [4.78, 5) is 75.0. The van der Waals surface area contributed by atoms with Gasteiger partial charge in [0.25, 0.3) is 11.7 Å². The van der Waals surface area contributed by atoms with Gasteiger partial charge < -0.3 is 9.84 Å². The molecule has 0 bridgehead atoms. The van der Waals surface area contributed by atoms with Gasteiger partial charge in [-0.3, -0.25) is 29.0 Å². The molecule has 1 N–H and O–H groups in total. The molecule has 2 amide bonds. The summed E-state index contributed by atoms with van der Waals surface area (Å²) in [6, 6.07) is 34.3. The van der Waals surface area contributed by atoms with Crippen molar-refractivity contribution in [3.63, 3.8) is 0 Å². The molecule has 0 aliphatic carbocycles. The number of ketones is 2.